The number of nitrogens with zero attached hydrogens (tertiary/aromatic N) is 1. The van der Waals surface area contributed by atoms with Crippen LogP contribution in [0.15, 0.2) is 42.5 Å². The van der Waals surface area contributed by atoms with Crippen molar-refractivity contribution in [1.29, 1.82) is 0 Å². The fourth-order valence-electron chi connectivity index (χ4n) is 3.39. The monoisotopic (exact) mass is 328 g/mol. The maximum atomic E-state index is 12.4. The molecule has 24 heavy (non-hydrogen) atoms. The number of aliphatic hydroxyl groups excluding tert-OH is 1. The van der Waals surface area contributed by atoms with Crippen molar-refractivity contribution in [2.75, 3.05) is 19.7 Å². The first kappa shape index (κ1) is 16.7. The molecule has 3 atom stereocenters. The Hall–Kier alpha value is -2.14. The standard InChI is InChI=1S/C19H24N2O3/c22-13-15-6-7-17(10-15)20-19(24)16-11-18(23)21(12-16)9-8-14-4-2-1-3-5-14/h1-7,15-17,22H,8-13H2,(H,20,24)/t15-,16?,17+/m0/s1. The van der Waals surface area contributed by atoms with Crippen LogP contribution >= 0.6 is 0 Å². The Morgan fingerprint density at radius 3 is 2.75 bits per heavy atom. The quantitative estimate of drug-likeness (QED) is 0.769. The van der Waals surface area contributed by atoms with Gasteiger partial charge in [-0.2, -0.15) is 0 Å². The molecule has 0 saturated carbocycles. The summed E-state index contributed by atoms with van der Waals surface area (Å²) in [5.74, 6) is -0.141. The number of hydrogen-bond donors (Lipinski definition) is 2. The molecule has 5 heteroatoms. The van der Waals surface area contributed by atoms with Gasteiger partial charge in [0.25, 0.3) is 0 Å². The first-order valence-electron chi connectivity index (χ1n) is 8.57. The van der Waals surface area contributed by atoms with E-state index in [4.69, 9.17) is 5.11 Å². The highest BCUT2D eigenvalue weighted by atomic mass is 16.3. The van der Waals surface area contributed by atoms with Gasteiger partial charge in [0.15, 0.2) is 0 Å². The lowest BCUT2D eigenvalue weighted by Gasteiger charge is -2.18. The molecule has 1 heterocycles. The van der Waals surface area contributed by atoms with Crippen molar-refractivity contribution in [2.24, 2.45) is 11.8 Å². The van der Waals surface area contributed by atoms with E-state index in [0.717, 1.165) is 12.8 Å². The van der Waals surface area contributed by atoms with Gasteiger partial charge in [-0.3, -0.25) is 9.59 Å². The van der Waals surface area contributed by atoms with Crippen molar-refractivity contribution in [3.63, 3.8) is 0 Å². The van der Waals surface area contributed by atoms with E-state index in [1.54, 1.807) is 4.90 Å². The molecule has 1 aliphatic carbocycles. The summed E-state index contributed by atoms with van der Waals surface area (Å²) in [6.07, 6.45) is 5.71. The highest BCUT2D eigenvalue weighted by Crippen LogP contribution is 2.21. The third-order valence-corrected chi connectivity index (χ3v) is 4.83. The molecule has 0 radical (unpaired) electrons. The average Bonchev–Trinajstić information content (AvgIpc) is 3.20. The topological polar surface area (TPSA) is 69.6 Å². The van der Waals surface area contributed by atoms with Crippen molar-refractivity contribution in [1.82, 2.24) is 10.2 Å². The van der Waals surface area contributed by atoms with Crippen LogP contribution in [0.4, 0.5) is 0 Å². The molecule has 0 spiro atoms. The molecular formula is C19H24N2O3. The molecule has 2 N–H and O–H groups in total. The minimum Gasteiger partial charge on any atom is -0.396 e. The zero-order chi connectivity index (χ0) is 16.9. The number of hydrogen-bond acceptors (Lipinski definition) is 3. The Kier molecular flexibility index (Phi) is 5.30. The smallest absolute Gasteiger partial charge is 0.225 e. The molecule has 1 fully saturated rings. The number of benzene rings is 1. The Bertz CT molecular complexity index is 614. The van der Waals surface area contributed by atoms with Gasteiger partial charge in [-0.15, -0.1) is 0 Å². The third-order valence-electron chi connectivity index (χ3n) is 4.83. The highest BCUT2D eigenvalue weighted by Gasteiger charge is 2.35. The molecular weight excluding hydrogens is 304 g/mol. The van der Waals surface area contributed by atoms with Crippen LogP contribution in [0.25, 0.3) is 0 Å². The fourth-order valence-corrected chi connectivity index (χ4v) is 3.39. The summed E-state index contributed by atoms with van der Waals surface area (Å²) in [5, 5.41) is 12.1. The van der Waals surface area contributed by atoms with E-state index >= 15 is 0 Å². The summed E-state index contributed by atoms with van der Waals surface area (Å²) in [7, 11) is 0. The minimum atomic E-state index is -0.269. The van der Waals surface area contributed by atoms with Crippen LogP contribution in [0.5, 0.6) is 0 Å². The number of likely N-dealkylation sites (tertiary alicyclic amines) is 1. The van der Waals surface area contributed by atoms with Crippen LogP contribution in [-0.4, -0.2) is 47.6 Å². The molecule has 2 aliphatic rings. The zero-order valence-electron chi connectivity index (χ0n) is 13.7. The molecule has 1 aromatic rings. The molecule has 1 saturated heterocycles. The summed E-state index contributed by atoms with van der Waals surface area (Å²) in [6, 6.07) is 10.0. The fraction of sp³-hybridized carbons (Fsp3) is 0.474. The van der Waals surface area contributed by atoms with Crippen molar-refractivity contribution in [3.8, 4) is 0 Å². The van der Waals surface area contributed by atoms with Crippen LogP contribution in [0, 0.1) is 11.8 Å². The zero-order valence-corrected chi connectivity index (χ0v) is 13.7. The Morgan fingerprint density at radius 2 is 2.04 bits per heavy atom. The lowest BCUT2D eigenvalue weighted by molar-refractivity contribution is -0.129. The molecule has 1 aromatic carbocycles. The maximum Gasteiger partial charge on any atom is 0.225 e. The predicted octanol–water partition coefficient (Wildman–Crippen LogP) is 1.13. The highest BCUT2D eigenvalue weighted by molar-refractivity contribution is 5.89. The van der Waals surface area contributed by atoms with E-state index in [1.807, 2.05) is 30.4 Å². The Labute approximate surface area is 142 Å². The number of aliphatic hydroxyl groups is 1. The normalized spacial score (nSPS) is 26.1. The number of carbonyl (C=O) groups is 2. The van der Waals surface area contributed by atoms with Gasteiger partial charge in [-0.05, 0) is 18.4 Å². The van der Waals surface area contributed by atoms with Crippen molar-refractivity contribution >= 4 is 11.8 Å². The second-order valence-corrected chi connectivity index (χ2v) is 6.65. The van der Waals surface area contributed by atoms with Crippen LogP contribution in [0.3, 0.4) is 0 Å². The molecule has 0 bridgehead atoms. The summed E-state index contributed by atoms with van der Waals surface area (Å²) >= 11 is 0. The van der Waals surface area contributed by atoms with Crippen LogP contribution in [0.2, 0.25) is 0 Å². The van der Waals surface area contributed by atoms with Crippen molar-refractivity contribution in [2.45, 2.75) is 25.3 Å². The predicted molar refractivity (Wildman–Crippen MR) is 91.1 cm³/mol. The van der Waals surface area contributed by atoms with Gasteiger partial charge < -0.3 is 15.3 Å². The molecule has 5 nitrogen and oxygen atoms in total. The maximum absolute atomic E-state index is 12.4. The third kappa shape index (κ3) is 4.03. The molecule has 128 valence electrons. The molecule has 3 rings (SSSR count). The number of rotatable bonds is 6. The molecule has 0 aromatic heterocycles. The van der Waals surface area contributed by atoms with Gasteiger partial charge in [0.05, 0.1) is 5.92 Å². The lowest BCUT2D eigenvalue weighted by Crippen LogP contribution is -2.38. The van der Waals surface area contributed by atoms with E-state index in [0.29, 0.717) is 19.5 Å². The van der Waals surface area contributed by atoms with Crippen molar-refractivity contribution < 1.29 is 14.7 Å². The molecule has 2 amide bonds. The van der Waals surface area contributed by atoms with Gasteiger partial charge in [0.2, 0.25) is 11.8 Å². The van der Waals surface area contributed by atoms with Gasteiger partial charge in [0.1, 0.15) is 0 Å². The lowest BCUT2D eigenvalue weighted by atomic mass is 10.1. The summed E-state index contributed by atoms with van der Waals surface area (Å²) in [6.45, 7) is 1.26. The summed E-state index contributed by atoms with van der Waals surface area (Å²) < 4.78 is 0. The second kappa shape index (κ2) is 7.62. The summed E-state index contributed by atoms with van der Waals surface area (Å²) in [5.41, 5.74) is 1.20. The largest absolute Gasteiger partial charge is 0.396 e. The average molecular weight is 328 g/mol. The Morgan fingerprint density at radius 1 is 1.25 bits per heavy atom. The van der Waals surface area contributed by atoms with Crippen LogP contribution < -0.4 is 5.32 Å². The molecule has 1 unspecified atom stereocenters. The van der Waals surface area contributed by atoms with Gasteiger partial charge in [-0.25, -0.2) is 0 Å². The van der Waals surface area contributed by atoms with Crippen LogP contribution in [-0.2, 0) is 16.0 Å². The minimum absolute atomic E-state index is 0.0249. The van der Waals surface area contributed by atoms with E-state index in [-0.39, 0.29) is 36.3 Å². The van der Waals surface area contributed by atoms with Gasteiger partial charge in [0, 0.05) is 38.1 Å². The first-order chi connectivity index (χ1) is 11.7. The first-order valence-corrected chi connectivity index (χ1v) is 8.57. The number of carbonyl (C=O) groups excluding carboxylic acids is 2. The van der Waals surface area contributed by atoms with E-state index in [1.165, 1.54) is 5.56 Å². The SMILES string of the molecule is O=C(N[C@@H]1C=C[C@H](CO)C1)C1CC(=O)N(CCc2ccccc2)C1. The summed E-state index contributed by atoms with van der Waals surface area (Å²) in [4.78, 5) is 26.3. The van der Waals surface area contributed by atoms with E-state index in [9.17, 15) is 9.59 Å². The Balaban J connectivity index is 1.47. The van der Waals surface area contributed by atoms with E-state index in [2.05, 4.69) is 17.4 Å². The van der Waals surface area contributed by atoms with Gasteiger partial charge >= 0.3 is 0 Å². The number of nitrogens with one attached hydrogen (secondary N) is 1. The van der Waals surface area contributed by atoms with E-state index < -0.39 is 0 Å². The van der Waals surface area contributed by atoms with Gasteiger partial charge in [-0.1, -0.05) is 42.5 Å². The second-order valence-electron chi connectivity index (χ2n) is 6.65. The van der Waals surface area contributed by atoms with Crippen molar-refractivity contribution in [3.05, 3.63) is 48.0 Å². The molecule has 1 aliphatic heterocycles. The number of amides is 2. The van der Waals surface area contributed by atoms with Crippen LogP contribution in [0.1, 0.15) is 18.4 Å².